The summed E-state index contributed by atoms with van der Waals surface area (Å²) < 4.78 is 45.8. The van der Waals surface area contributed by atoms with Gasteiger partial charge in [-0.2, -0.15) is 0 Å². The molecule has 8 rings (SSSR count). The van der Waals surface area contributed by atoms with Crippen molar-refractivity contribution in [2.45, 2.75) is 168 Å². The lowest BCUT2D eigenvalue weighted by Crippen LogP contribution is -2.61. The van der Waals surface area contributed by atoms with Crippen LogP contribution in [0, 0.1) is 5.41 Å². The van der Waals surface area contributed by atoms with Gasteiger partial charge in [0.05, 0.1) is 60.6 Å². The average molecular weight is 1150 g/mol. The fourth-order valence-electron chi connectivity index (χ4n) is 10.5. The Morgan fingerprint density at radius 1 is 1.06 bits per heavy atom. The number of alkyl carbamates (subject to hydrolysis) is 1. The van der Waals surface area contributed by atoms with E-state index in [4.69, 9.17) is 38.0 Å². The first-order chi connectivity index (χ1) is 36.2. The summed E-state index contributed by atoms with van der Waals surface area (Å²) in [6, 6.07) is 5.58. The Hall–Kier alpha value is -4.94. The first kappa shape index (κ1) is 58.2. The number of carbonyl (C=O) groups excluding carboxylic acids is 3. The summed E-state index contributed by atoms with van der Waals surface area (Å²) in [7, 11) is 1.03. The van der Waals surface area contributed by atoms with E-state index < -0.39 is 83.7 Å². The van der Waals surface area contributed by atoms with Gasteiger partial charge in [-0.25, -0.2) is 20.0 Å². The number of hydrazine groups is 1. The number of pyridine rings is 1. The summed E-state index contributed by atoms with van der Waals surface area (Å²) in [6.45, 7) is 25.0. The predicted octanol–water partition coefficient (Wildman–Crippen LogP) is 8.76. The smallest absolute Gasteiger partial charge is 0.465 e. The number of nitrogens with zero attached hydrogens (tertiary/aromatic N) is 5. The number of hydrogen-bond donors (Lipinski definition) is 3. The maximum absolute atomic E-state index is 14.6. The van der Waals surface area contributed by atoms with Crippen LogP contribution in [-0.4, -0.2) is 142 Å². The molecule has 77 heavy (non-hydrogen) atoms. The number of carbonyl (C=O) groups is 4. The highest BCUT2D eigenvalue weighted by Crippen LogP contribution is 2.44. The largest absolute Gasteiger partial charge is 0.494 e. The fraction of sp³-hybridized carbons (Fsp3) is 0.600. The topological polar surface area (TPSA) is 214 Å². The van der Waals surface area contributed by atoms with E-state index >= 15 is 0 Å². The predicted molar refractivity (Wildman–Crippen MR) is 296 cm³/mol. The Balaban J connectivity index is 1.12. The van der Waals surface area contributed by atoms with Gasteiger partial charge in [-0.3, -0.25) is 24.5 Å². The molecule has 3 saturated heterocycles. The number of thiazole rings is 1. The lowest BCUT2D eigenvalue weighted by atomic mass is 9.77. The van der Waals surface area contributed by atoms with Crippen molar-refractivity contribution in [3.05, 3.63) is 68.4 Å². The van der Waals surface area contributed by atoms with E-state index in [2.05, 4.69) is 81.3 Å². The number of ether oxygens (including phenoxy) is 5. The molecule has 3 fully saturated rings. The van der Waals surface area contributed by atoms with Crippen molar-refractivity contribution in [3.63, 3.8) is 0 Å². The Bertz CT molecular complexity index is 2870. The van der Waals surface area contributed by atoms with Crippen molar-refractivity contribution in [1.29, 1.82) is 0 Å². The van der Waals surface area contributed by atoms with Crippen molar-refractivity contribution >= 4 is 80.4 Å². The van der Waals surface area contributed by atoms with Gasteiger partial charge in [-0.1, -0.05) is 32.1 Å². The molecule has 2 bridgehead atoms. The van der Waals surface area contributed by atoms with Crippen LogP contribution in [0.2, 0.25) is 0 Å². The van der Waals surface area contributed by atoms with Gasteiger partial charge in [-0.15, -0.1) is 11.3 Å². The summed E-state index contributed by atoms with van der Waals surface area (Å²) in [4.78, 5) is 65.7. The van der Waals surface area contributed by atoms with Crippen LogP contribution < -0.4 is 16.2 Å². The molecule has 0 radical (unpaired) electrons. The third-order valence-corrected chi connectivity index (χ3v) is 16.7. The number of fused-ring (bicyclic) bond motifs is 3. The first-order valence-electron chi connectivity index (χ1n) is 26.5. The zero-order valence-electron chi connectivity index (χ0n) is 46.6. The molecular formula is C55H75BBrN7O12S. The molecule has 0 aliphatic carbocycles. The number of hydrogen-bond acceptors (Lipinski definition) is 15. The fourth-order valence-corrected chi connectivity index (χ4v) is 11.9. The van der Waals surface area contributed by atoms with Crippen LogP contribution in [0.3, 0.4) is 0 Å². The molecule has 0 saturated carbocycles. The van der Waals surface area contributed by atoms with E-state index in [0.717, 1.165) is 50.0 Å². The molecule has 19 nitrogen and oxygen atoms in total. The molecule has 22 heteroatoms. The first-order valence-corrected chi connectivity index (χ1v) is 28.2. The van der Waals surface area contributed by atoms with E-state index in [0.29, 0.717) is 48.4 Å². The molecule has 3 aromatic heterocycles. The molecule has 0 spiro atoms. The third-order valence-electron chi connectivity index (χ3n) is 15.1. The number of methoxy groups -OCH3 is 1. The Kier molecular flexibility index (Phi) is 17.4. The van der Waals surface area contributed by atoms with Gasteiger partial charge in [0.2, 0.25) is 0 Å². The molecule has 6 atom stereocenters. The van der Waals surface area contributed by atoms with Crippen molar-refractivity contribution in [1.82, 2.24) is 35.2 Å². The maximum atomic E-state index is 14.6. The highest BCUT2D eigenvalue weighted by atomic mass is 79.9. The minimum absolute atomic E-state index is 0.0265. The Labute approximate surface area is 464 Å². The number of benzene rings is 1. The highest BCUT2D eigenvalue weighted by Gasteiger charge is 2.52. The number of aryl methyl sites for hydroxylation is 1. The average Bonchev–Trinajstić information content (AvgIpc) is 4.07. The molecule has 4 aliphatic rings. The second-order valence-corrected chi connectivity index (χ2v) is 24.8. The minimum Gasteiger partial charge on any atom is -0.465 e. The monoisotopic (exact) mass is 1150 g/mol. The highest BCUT2D eigenvalue weighted by molar-refractivity contribution is 9.10. The number of carboxylic acid groups (broad SMARTS) is 1. The third kappa shape index (κ3) is 12.6. The zero-order chi connectivity index (χ0) is 55.9. The summed E-state index contributed by atoms with van der Waals surface area (Å²) in [5.74, 6) is -1.06. The van der Waals surface area contributed by atoms with E-state index in [9.17, 15) is 24.3 Å². The molecular weight excluding hydrogens is 1070 g/mol. The minimum atomic E-state index is -1.26. The van der Waals surface area contributed by atoms with Gasteiger partial charge in [0.1, 0.15) is 33.4 Å². The quantitative estimate of drug-likeness (QED) is 0.0666. The van der Waals surface area contributed by atoms with Crippen LogP contribution in [0.4, 0.5) is 9.59 Å². The van der Waals surface area contributed by atoms with Crippen molar-refractivity contribution in [2.24, 2.45) is 5.41 Å². The van der Waals surface area contributed by atoms with Crippen LogP contribution in [0.25, 0.3) is 27.7 Å². The summed E-state index contributed by atoms with van der Waals surface area (Å²) in [5.41, 5.74) is 7.72. The summed E-state index contributed by atoms with van der Waals surface area (Å²) >= 11 is 4.68. The lowest BCUT2D eigenvalue weighted by molar-refractivity contribution is -0.156. The van der Waals surface area contributed by atoms with E-state index in [1.54, 1.807) is 40.2 Å². The van der Waals surface area contributed by atoms with Gasteiger partial charge in [0.15, 0.2) is 0 Å². The second-order valence-electron chi connectivity index (χ2n) is 23.1. The molecule has 4 aromatic rings. The number of rotatable bonds is 17. The summed E-state index contributed by atoms with van der Waals surface area (Å²) in [6.07, 6.45) is 2.50. The molecule has 3 unspecified atom stereocenters. The SMILES string of the molecule is CCO[C@H](c1nc(Br)cs1)[C@H](NC(=O)OC(C)(C)C)C(=O)N1CCCC(C(=O)OCC(C)(C)Cc2c(-c3cc(C4=CC5COCC(C4)N5C(=O)O)cnc3[C@H](C)OC)n(CC)c3ccc(B4OC(C)(C)C(C)(C)O4)cc23)N1. The Morgan fingerprint density at radius 3 is 2.42 bits per heavy atom. The van der Waals surface area contributed by atoms with Gasteiger partial charge in [0.25, 0.3) is 5.91 Å². The number of aromatic nitrogens is 3. The van der Waals surface area contributed by atoms with E-state index in [1.807, 2.05) is 46.9 Å². The van der Waals surface area contributed by atoms with Crippen LogP contribution in [0.15, 0.2) is 46.5 Å². The molecule has 3 N–H and O–H groups in total. The standard InChI is InChI=1S/C55H75BBrN7O12S/c1-14-62-41-19-18-34(56-75-54(9,10)55(11,12)76-56)24-37(41)39(45(62)38-23-33(26-58-43(38)31(3)70-13)32-21-35-27-71-28-36(22-32)64(35)51(68)69)25-53(7,8)30-73-49(66)40-17-16-20-63(61-40)48(65)44(60-50(67)74-52(4,5)6)46(72-15-2)47-59-42(57)29-77-47/h18-19,21,23-24,26,29,31,35-36,40,44,46,61H,14-17,20,22,25,27-28,30H2,1-13H3,(H,60,67)(H,68,69)/t31-,35?,36?,40?,44-,46-/m0/s1. The number of halogens is 1. The second kappa shape index (κ2) is 23.0. The maximum Gasteiger partial charge on any atom is 0.494 e. The normalized spacial score (nSPS) is 21.6. The number of amides is 3. The van der Waals surface area contributed by atoms with E-state index in [-0.39, 0.29) is 32.4 Å². The number of esters is 1. The van der Waals surface area contributed by atoms with Crippen LogP contribution in [-0.2, 0) is 55.5 Å². The Morgan fingerprint density at radius 2 is 1.79 bits per heavy atom. The van der Waals surface area contributed by atoms with Crippen LogP contribution in [0.5, 0.6) is 0 Å². The number of morpholine rings is 1. The molecule has 4 aliphatic heterocycles. The van der Waals surface area contributed by atoms with Crippen LogP contribution in [0.1, 0.15) is 136 Å². The zero-order valence-corrected chi connectivity index (χ0v) is 49.0. The van der Waals surface area contributed by atoms with Crippen LogP contribution >= 0.6 is 27.3 Å². The van der Waals surface area contributed by atoms with Crippen molar-refractivity contribution in [3.8, 4) is 11.3 Å². The van der Waals surface area contributed by atoms with Gasteiger partial charge >= 0.3 is 25.3 Å². The van der Waals surface area contributed by atoms with Gasteiger partial charge in [0, 0.05) is 60.3 Å². The van der Waals surface area contributed by atoms with Crippen molar-refractivity contribution in [2.75, 3.05) is 40.1 Å². The van der Waals surface area contributed by atoms with Crippen molar-refractivity contribution < 1.29 is 57.3 Å². The van der Waals surface area contributed by atoms with Gasteiger partial charge < -0.3 is 48.0 Å². The molecule has 7 heterocycles. The number of nitrogens with one attached hydrogen (secondary N) is 2. The lowest BCUT2D eigenvalue weighted by Gasteiger charge is -2.43. The van der Waals surface area contributed by atoms with Gasteiger partial charge in [-0.05, 0) is 145 Å². The molecule has 1 aromatic carbocycles. The summed E-state index contributed by atoms with van der Waals surface area (Å²) in [5, 5.41) is 17.5. The molecule has 418 valence electrons. The van der Waals surface area contributed by atoms with E-state index in [1.165, 1.54) is 21.2 Å². The molecule has 3 amide bonds.